The number of nitrogens with zero attached hydrogens (tertiary/aromatic N) is 2. The van der Waals surface area contributed by atoms with E-state index in [2.05, 4.69) is 27.6 Å². The van der Waals surface area contributed by atoms with Crippen LogP contribution in [0.1, 0.15) is 5.56 Å². The SMILES string of the molecule is COc1ccc(NC(=O)CN(C)Sc2cc(C)cc3cn[nH]c23)cc1Cl. The molecule has 0 saturated heterocycles. The van der Waals surface area contributed by atoms with E-state index in [1.807, 2.05) is 18.3 Å². The molecule has 0 unspecified atom stereocenters. The number of aromatic amines is 1. The number of hydrogen-bond acceptors (Lipinski definition) is 5. The fraction of sp³-hybridized carbons (Fsp3) is 0.222. The van der Waals surface area contributed by atoms with E-state index in [-0.39, 0.29) is 12.5 Å². The molecule has 136 valence electrons. The lowest BCUT2D eigenvalue weighted by Gasteiger charge is -2.16. The lowest BCUT2D eigenvalue weighted by molar-refractivity contribution is -0.116. The van der Waals surface area contributed by atoms with Gasteiger partial charge in [0.1, 0.15) is 5.75 Å². The summed E-state index contributed by atoms with van der Waals surface area (Å²) in [6.45, 7) is 2.26. The fourth-order valence-electron chi connectivity index (χ4n) is 2.59. The van der Waals surface area contributed by atoms with Gasteiger partial charge >= 0.3 is 0 Å². The molecule has 0 atom stereocenters. The Balaban J connectivity index is 1.64. The monoisotopic (exact) mass is 390 g/mol. The van der Waals surface area contributed by atoms with Crippen molar-refractivity contribution in [2.24, 2.45) is 0 Å². The Labute approximate surface area is 161 Å². The molecule has 1 amide bonds. The number of rotatable bonds is 6. The first kappa shape index (κ1) is 18.6. The van der Waals surface area contributed by atoms with Gasteiger partial charge in [-0.1, -0.05) is 11.6 Å². The number of aryl methyl sites for hydroxylation is 1. The number of ether oxygens (including phenoxy) is 1. The number of nitrogens with one attached hydrogen (secondary N) is 2. The smallest absolute Gasteiger partial charge is 0.239 e. The number of halogens is 1. The Bertz CT molecular complexity index is 944. The molecule has 26 heavy (non-hydrogen) atoms. The van der Waals surface area contributed by atoms with Crippen molar-refractivity contribution in [1.29, 1.82) is 0 Å². The van der Waals surface area contributed by atoms with Gasteiger partial charge in [-0.2, -0.15) is 5.10 Å². The van der Waals surface area contributed by atoms with Crippen molar-refractivity contribution in [2.75, 3.05) is 26.0 Å². The third-order valence-corrected chi connectivity index (χ3v) is 4.97. The predicted octanol–water partition coefficient (Wildman–Crippen LogP) is 4.11. The Morgan fingerprint density at radius 2 is 2.19 bits per heavy atom. The predicted molar refractivity (Wildman–Crippen MR) is 106 cm³/mol. The zero-order chi connectivity index (χ0) is 18.7. The normalized spacial score (nSPS) is 11.1. The van der Waals surface area contributed by atoms with Gasteiger partial charge in [0, 0.05) is 16.0 Å². The molecule has 0 bridgehead atoms. The van der Waals surface area contributed by atoms with E-state index in [4.69, 9.17) is 16.3 Å². The zero-order valence-corrected chi connectivity index (χ0v) is 16.2. The molecule has 1 heterocycles. The van der Waals surface area contributed by atoms with Crippen LogP contribution >= 0.6 is 23.5 Å². The summed E-state index contributed by atoms with van der Waals surface area (Å²) < 4.78 is 6.98. The highest BCUT2D eigenvalue weighted by Gasteiger charge is 2.12. The average molecular weight is 391 g/mol. The lowest BCUT2D eigenvalue weighted by atomic mass is 10.2. The summed E-state index contributed by atoms with van der Waals surface area (Å²) in [6, 6.07) is 9.29. The second kappa shape index (κ2) is 7.99. The number of aromatic nitrogens is 2. The van der Waals surface area contributed by atoms with Crippen LogP contribution in [0.5, 0.6) is 5.75 Å². The summed E-state index contributed by atoms with van der Waals surface area (Å²) in [5.41, 5.74) is 2.74. The van der Waals surface area contributed by atoms with Crippen molar-refractivity contribution in [3.63, 3.8) is 0 Å². The number of anilines is 1. The van der Waals surface area contributed by atoms with Crippen molar-refractivity contribution in [1.82, 2.24) is 14.5 Å². The molecule has 0 aliphatic rings. The average Bonchev–Trinajstić information content (AvgIpc) is 3.03. The highest BCUT2D eigenvalue weighted by atomic mass is 35.5. The molecule has 3 rings (SSSR count). The van der Waals surface area contributed by atoms with Gasteiger partial charge in [0.25, 0.3) is 0 Å². The van der Waals surface area contributed by atoms with Gasteiger partial charge in [0.15, 0.2) is 0 Å². The lowest BCUT2D eigenvalue weighted by Crippen LogP contribution is -2.25. The third kappa shape index (κ3) is 4.30. The number of carbonyl (C=O) groups is 1. The Kier molecular flexibility index (Phi) is 5.70. The van der Waals surface area contributed by atoms with E-state index in [1.54, 1.807) is 31.5 Å². The van der Waals surface area contributed by atoms with Crippen LogP contribution < -0.4 is 10.1 Å². The summed E-state index contributed by atoms with van der Waals surface area (Å²) >= 11 is 7.58. The highest BCUT2D eigenvalue weighted by Crippen LogP contribution is 2.30. The number of amides is 1. The maximum Gasteiger partial charge on any atom is 0.239 e. The summed E-state index contributed by atoms with van der Waals surface area (Å²) in [5.74, 6) is 0.440. The van der Waals surface area contributed by atoms with E-state index < -0.39 is 0 Å². The van der Waals surface area contributed by atoms with Gasteiger partial charge in [0.2, 0.25) is 5.91 Å². The molecule has 0 aliphatic heterocycles. The zero-order valence-electron chi connectivity index (χ0n) is 14.7. The first-order valence-corrected chi connectivity index (χ1v) is 9.07. The van der Waals surface area contributed by atoms with Crippen LogP contribution in [0.15, 0.2) is 41.4 Å². The molecule has 6 nitrogen and oxygen atoms in total. The van der Waals surface area contributed by atoms with Gasteiger partial charge in [-0.25, -0.2) is 4.31 Å². The number of carbonyl (C=O) groups excluding carboxylic acids is 1. The number of benzene rings is 2. The minimum atomic E-state index is -0.130. The Morgan fingerprint density at radius 3 is 2.92 bits per heavy atom. The second-order valence-electron chi connectivity index (χ2n) is 5.87. The van der Waals surface area contributed by atoms with E-state index >= 15 is 0 Å². The maximum atomic E-state index is 12.3. The third-order valence-electron chi connectivity index (χ3n) is 3.71. The van der Waals surface area contributed by atoms with Crippen molar-refractivity contribution >= 4 is 46.0 Å². The maximum absolute atomic E-state index is 12.3. The summed E-state index contributed by atoms with van der Waals surface area (Å²) in [5, 5.41) is 11.4. The largest absolute Gasteiger partial charge is 0.495 e. The Hall–Kier alpha value is -2.22. The van der Waals surface area contributed by atoms with Crippen molar-refractivity contribution in [2.45, 2.75) is 11.8 Å². The molecule has 0 saturated carbocycles. The molecule has 2 aromatic carbocycles. The number of methoxy groups -OCH3 is 1. The van der Waals surface area contributed by atoms with Crippen LogP contribution in [0.4, 0.5) is 5.69 Å². The second-order valence-corrected chi connectivity index (χ2v) is 7.53. The van der Waals surface area contributed by atoms with Gasteiger partial charge < -0.3 is 10.1 Å². The van der Waals surface area contributed by atoms with Crippen LogP contribution in [-0.2, 0) is 4.79 Å². The van der Waals surface area contributed by atoms with E-state index in [0.29, 0.717) is 16.5 Å². The quantitative estimate of drug-likeness (QED) is 0.620. The van der Waals surface area contributed by atoms with E-state index in [9.17, 15) is 4.79 Å². The number of likely N-dealkylation sites (N-methyl/N-ethyl adjacent to an activating group) is 1. The summed E-state index contributed by atoms with van der Waals surface area (Å²) in [4.78, 5) is 13.3. The van der Waals surface area contributed by atoms with Crippen LogP contribution in [-0.4, -0.2) is 41.1 Å². The first-order chi connectivity index (χ1) is 12.5. The van der Waals surface area contributed by atoms with Crippen LogP contribution in [0.2, 0.25) is 5.02 Å². The van der Waals surface area contributed by atoms with Crippen LogP contribution in [0.25, 0.3) is 10.9 Å². The standard InChI is InChI=1S/C18H19ClN4O2S/c1-11-6-12-9-20-22-18(12)16(7-11)26-23(2)10-17(24)21-13-4-5-15(25-3)14(19)8-13/h4-9H,10H2,1-3H3,(H,20,22)(H,21,24). The number of fused-ring (bicyclic) bond motifs is 1. The molecule has 8 heteroatoms. The summed E-state index contributed by atoms with van der Waals surface area (Å²) in [6.07, 6.45) is 1.80. The first-order valence-electron chi connectivity index (χ1n) is 7.92. The van der Waals surface area contributed by atoms with Crippen molar-refractivity contribution in [3.8, 4) is 5.75 Å². The molecule has 3 aromatic rings. The fourth-order valence-corrected chi connectivity index (χ4v) is 3.86. The van der Waals surface area contributed by atoms with Gasteiger partial charge in [0.05, 0.1) is 30.4 Å². The molecule has 0 spiro atoms. The van der Waals surface area contributed by atoms with Gasteiger partial charge in [-0.05, 0) is 61.8 Å². The molecule has 1 aromatic heterocycles. The molecule has 2 N–H and O–H groups in total. The summed E-state index contributed by atoms with van der Waals surface area (Å²) in [7, 11) is 3.42. The number of hydrogen-bond donors (Lipinski definition) is 2. The molecular weight excluding hydrogens is 372 g/mol. The molecule has 0 aliphatic carbocycles. The van der Waals surface area contributed by atoms with Crippen molar-refractivity contribution in [3.05, 3.63) is 47.1 Å². The van der Waals surface area contributed by atoms with Gasteiger partial charge in [-0.3, -0.25) is 9.89 Å². The molecule has 0 fully saturated rings. The van der Waals surface area contributed by atoms with Gasteiger partial charge in [-0.15, -0.1) is 0 Å². The Morgan fingerprint density at radius 1 is 1.38 bits per heavy atom. The highest BCUT2D eigenvalue weighted by molar-refractivity contribution is 7.97. The van der Waals surface area contributed by atoms with E-state index in [1.165, 1.54) is 11.9 Å². The molecule has 0 radical (unpaired) electrons. The topological polar surface area (TPSA) is 70.2 Å². The minimum Gasteiger partial charge on any atom is -0.495 e. The van der Waals surface area contributed by atoms with Crippen LogP contribution in [0, 0.1) is 6.92 Å². The number of H-pyrrole nitrogens is 1. The van der Waals surface area contributed by atoms with Crippen LogP contribution in [0.3, 0.4) is 0 Å². The molecular formula is C18H19ClN4O2S. The minimum absolute atomic E-state index is 0.130. The van der Waals surface area contributed by atoms with E-state index in [0.717, 1.165) is 21.4 Å². The van der Waals surface area contributed by atoms with Crippen molar-refractivity contribution < 1.29 is 9.53 Å².